The summed E-state index contributed by atoms with van der Waals surface area (Å²) in [6.07, 6.45) is 3.21. The van der Waals surface area contributed by atoms with Crippen molar-refractivity contribution in [2.24, 2.45) is 0 Å². The zero-order valence-corrected chi connectivity index (χ0v) is 13.8. The van der Waals surface area contributed by atoms with Crippen LogP contribution in [0.15, 0.2) is 24.4 Å². The molecule has 0 aliphatic rings. The summed E-state index contributed by atoms with van der Waals surface area (Å²) >= 11 is 0. The highest BCUT2D eigenvalue weighted by atomic mass is 16.4. The highest BCUT2D eigenvalue weighted by molar-refractivity contribution is 5.85. The molecule has 0 bridgehead atoms. The van der Waals surface area contributed by atoms with Gasteiger partial charge in [0.2, 0.25) is 5.91 Å². The van der Waals surface area contributed by atoms with E-state index in [0.717, 1.165) is 12.2 Å². The Labute approximate surface area is 146 Å². The van der Waals surface area contributed by atoms with E-state index in [-0.39, 0.29) is 19.3 Å². The van der Waals surface area contributed by atoms with Crippen molar-refractivity contribution in [2.75, 3.05) is 18.4 Å². The van der Waals surface area contributed by atoms with E-state index in [2.05, 4.69) is 32.9 Å². The Morgan fingerprint density at radius 2 is 2.16 bits per heavy atom. The van der Waals surface area contributed by atoms with Crippen LogP contribution in [0.3, 0.4) is 0 Å². The Hall–Kier alpha value is -2.92. The predicted octanol–water partition coefficient (Wildman–Crippen LogP) is 0.373. The van der Waals surface area contributed by atoms with E-state index in [0.29, 0.717) is 19.4 Å². The topological polar surface area (TPSA) is 120 Å². The summed E-state index contributed by atoms with van der Waals surface area (Å²) in [5.74, 6) is 1.97. The van der Waals surface area contributed by atoms with Gasteiger partial charge in [-0.25, -0.2) is 4.98 Å². The van der Waals surface area contributed by atoms with Crippen molar-refractivity contribution in [2.45, 2.75) is 31.7 Å². The number of pyridine rings is 1. The van der Waals surface area contributed by atoms with Crippen molar-refractivity contribution in [1.82, 2.24) is 15.6 Å². The monoisotopic (exact) mass is 346 g/mol. The number of hydrogen-bond acceptors (Lipinski definition) is 6. The number of aliphatic carboxylic acids is 1. The number of amides is 1. The molecule has 0 saturated carbocycles. The molecule has 1 aromatic heterocycles. The van der Waals surface area contributed by atoms with Gasteiger partial charge in [-0.15, -0.1) is 0 Å². The molecule has 8 nitrogen and oxygen atoms in total. The fourth-order valence-electron chi connectivity index (χ4n) is 1.85. The van der Waals surface area contributed by atoms with Crippen LogP contribution in [0.2, 0.25) is 0 Å². The average Bonchev–Trinajstić information content (AvgIpc) is 2.60. The zero-order valence-electron chi connectivity index (χ0n) is 13.8. The molecule has 1 heterocycles. The first-order valence-electron chi connectivity index (χ1n) is 7.95. The quantitative estimate of drug-likeness (QED) is 0.198. The first-order valence-corrected chi connectivity index (χ1v) is 7.95. The van der Waals surface area contributed by atoms with Gasteiger partial charge in [0.1, 0.15) is 12.1 Å². The third-order valence-corrected chi connectivity index (χ3v) is 3.10. The molecule has 1 amide bonds. The van der Waals surface area contributed by atoms with E-state index in [1.807, 2.05) is 18.2 Å². The smallest absolute Gasteiger partial charge is 0.304 e. The van der Waals surface area contributed by atoms with Crippen LogP contribution in [0, 0.1) is 12.0 Å². The van der Waals surface area contributed by atoms with Gasteiger partial charge >= 0.3 is 5.97 Å². The number of aldehydes is 1. The first-order chi connectivity index (χ1) is 12.1. The molecule has 25 heavy (non-hydrogen) atoms. The lowest BCUT2D eigenvalue weighted by molar-refractivity contribution is -0.136. The standard InChI is InChI=1S/C17H22N4O4/c22-13-8-14(17(25)21-10-4-2-7-16(23)24)18-11-5-12-20-15-6-1-3-9-19-15/h1,3,6,9,13-14,18H,2,5,7-8,11-12H2,(H,19,20)(H,21,25)(H,23,24). The van der Waals surface area contributed by atoms with E-state index in [1.165, 1.54) is 0 Å². The van der Waals surface area contributed by atoms with Crippen LogP contribution in [0.25, 0.3) is 0 Å². The van der Waals surface area contributed by atoms with Crippen LogP contribution in [-0.4, -0.2) is 47.4 Å². The highest BCUT2D eigenvalue weighted by Gasteiger charge is 2.16. The van der Waals surface area contributed by atoms with E-state index in [1.54, 1.807) is 6.20 Å². The van der Waals surface area contributed by atoms with Crippen LogP contribution < -0.4 is 16.0 Å². The lowest BCUT2D eigenvalue weighted by atomic mass is 10.2. The molecule has 134 valence electrons. The molecule has 1 rings (SSSR count). The SMILES string of the molecule is O=CCC(NCCCNc1ccccn1)C(=O)NC#CCCC(=O)O. The largest absolute Gasteiger partial charge is 0.481 e. The number of nitrogens with zero attached hydrogens (tertiary/aromatic N) is 1. The Kier molecular flexibility index (Phi) is 10.1. The van der Waals surface area contributed by atoms with Crippen LogP contribution in [0.1, 0.15) is 25.7 Å². The van der Waals surface area contributed by atoms with Gasteiger partial charge in [-0.2, -0.15) is 0 Å². The third-order valence-electron chi connectivity index (χ3n) is 3.10. The maximum absolute atomic E-state index is 11.9. The minimum absolute atomic E-state index is 0.0380. The number of carboxylic acid groups (broad SMARTS) is 1. The second-order valence-electron chi connectivity index (χ2n) is 5.09. The molecule has 8 heteroatoms. The molecule has 0 saturated heterocycles. The van der Waals surface area contributed by atoms with Crippen LogP contribution in [0.4, 0.5) is 5.82 Å². The van der Waals surface area contributed by atoms with Gasteiger partial charge in [0.25, 0.3) is 0 Å². The summed E-state index contributed by atoms with van der Waals surface area (Å²) in [6, 6.07) is 7.33. The van der Waals surface area contributed by atoms with Crippen molar-refractivity contribution in [1.29, 1.82) is 0 Å². The Balaban J connectivity index is 2.26. The molecule has 0 aliphatic carbocycles. The second-order valence-corrected chi connectivity index (χ2v) is 5.09. The molecular weight excluding hydrogens is 324 g/mol. The zero-order chi connectivity index (χ0) is 18.3. The number of carboxylic acids is 1. The van der Waals surface area contributed by atoms with Gasteiger partial charge in [0.15, 0.2) is 0 Å². The molecule has 4 N–H and O–H groups in total. The number of carbonyl (C=O) groups is 3. The van der Waals surface area contributed by atoms with E-state index in [4.69, 9.17) is 5.11 Å². The third kappa shape index (κ3) is 9.73. The molecule has 1 atom stereocenters. The second kappa shape index (κ2) is 12.5. The van der Waals surface area contributed by atoms with Crippen LogP contribution >= 0.6 is 0 Å². The van der Waals surface area contributed by atoms with E-state index < -0.39 is 17.9 Å². The molecule has 0 fully saturated rings. The summed E-state index contributed by atoms with van der Waals surface area (Å²) in [7, 11) is 0. The normalized spacial score (nSPS) is 10.9. The summed E-state index contributed by atoms with van der Waals surface area (Å²) in [5, 5.41) is 17.0. The maximum atomic E-state index is 11.9. The van der Waals surface area contributed by atoms with Gasteiger partial charge in [-0.1, -0.05) is 12.0 Å². The number of hydrogen-bond donors (Lipinski definition) is 4. The fourth-order valence-corrected chi connectivity index (χ4v) is 1.85. The van der Waals surface area contributed by atoms with Crippen LogP contribution in [0.5, 0.6) is 0 Å². The van der Waals surface area contributed by atoms with Crippen molar-refractivity contribution in [3.63, 3.8) is 0 Å². The number of carbonyl (C=O) groups excluding carboxylic acids is 2. The van der Waals surface area contributed by atoms with Gasteiger partial charge < -0.3 is 20.5 Å². The summed E-state index contributed by atoms with van der Waals surface area (Å²) < 4.78 is 0. The molecule has 0 spiro atoms. The first kappa shape index (κ1) is 20.1. The number of rotatable bonds is 11. The number of aromatic nitrogens is 1. The summed E-state index contributed by atoms with van der Waals surface area (Å²) in [6.45, 7) is 1.21. The fraction of sp³-hybridized carbons (Fsp3) is 0.412. The Morgan fingerprint density at radius 3 is 2.84 bits per heavy atom. The van der Waals surface area contributed by atoms with Crippen molar-refractivity contribution in [3.8, 4) is 12.0 Å². The lowest BCUT2D eigenvalue weighted by Crippen LogP contribution is -2.43. The molecule has 0 aliphatic heterocycles. The van der Waals surface area contributed by atoms with Crippen molar-refractivity contribution >= 4 is 24.0 Å². The number of nitrogens with one attached hydrogen (secondary N) is 3. The van der Waals surface area contributed by atoms with E-state index in [9.17, 15) is 14.4 Å². The number of anilines is 1. The van der Waals surface area contributed by atoms with Gasteiger partial charge in [-0.3, -0.25) is 14.9 Å². The minimum Gasteiger partial charge on any atom is -0.481 e. The van der Waals surface area contributed by atoms with Crippen molar-refractivity contribution < 1.29 is 19.5 Å². The molecule has 0 aromatic carbocycles. The highest BCUT2D eigenvalue weighted by Crippen LogP contribution is 1.99. The molecule has 1 aromatic rings. The van der Waals surface area contributed by atoms with Gasteiger partial charge in [-0.05, 0) is 25.1 Å². The summed E-state index contributed by atoms with van der Waals surface area (Å²) in [5.41, 5.74) is 0. The Morgan fingerprint density at radius 1 is 1.32 bits per heavy atom. The molecule has 1 unspecified atom stereocenters. The van der Waals surface area contributed by atoms with Gasteiger partial charge in [0, 0.05) is 31.6 Å². The average molecular weight is 346 g/mol. The summed E-state index contributed by atoms with van der Waals surface area (Å²) in [4.78, 5) is 37.1. The Bertz CT molecular complexity index is 610. The molecular formula is C17H22N4O4. The van der Waals surface area contributed by atoms with Gasteiger partial charge in [0.05, 0.1) is 12.5 Å². The maximum Gasteiger partial charge on any atom is 0.304 e. The van der Waals surface area contributed by atoms with E-state index >= 15 is 0 Å². The van der Waals surface area contributed by atoms with Crippen molar-refractivity contribution in [3.05, 3.63) is 24.4 Å². The molecule has 0 radical (unpaired) electrons. The predicted molar refractivity (Wildman–Crippen MR) is 92.6 cm³/mol. The minimum atomic E-state index is -0.944. The van der Waals surface area contributed by atoms with Crippen LogP contribution in [-0.2, 0) is 14.4 Å². The lowest BCUT2D eigenvalue weighted by Gasteiger charge is -2.14.